The number of carbonyl (C=O) groups excluding carboxylic acids is 1. The van der Waals surface area contributed by atoms with Gasteiger partial charge in [0, 0.05) is 49.8 Å². The number of halogens is 2. The molecule has 1 aromatic heterocycles. The van der Waals surface area contributed by atoms with Crippen molar-refractivity contribution in [3.05, 3.63) is 94.6 Å². The van der Waals surface area contributed by atoms with Gasteiger partial charge in [-0.25, -0.2) is 4.98 Å². The molecule has 0 unspecified atom stereocenters. The summed E-state index contributed by atoms with van der Waals surface area (Å²) in [4.78, 5) is 27.0. The molecule has 2 heterocycles. The third-order valence-corrected chi connectivity index (χ3v) is 7.32. The quantitative estimate of drug-likeness (QED) is 0.231. The number of hydrogen-bond donors (Lipinski definition) is 2. The van der Waals surface area contributed by atoms with Gasteiger partial charge in [0.1, 0.15) is 11.3 Å². The van der Waals surface area contributed by atoms with Crippen LogP contribution in [0.1, 0.15) is 24.2 Å². The molecule has 206 valence electrons. The second-order valence-corrected chi connectivity index (χ2v) is 10.5. The summed E-state index contributed by atoms with van der Waals surface area (Å²) in [5.41, 5.74) is 2.42. The number of nitrogens with one attached hydrogen (secondary N) is 2. The molecular weight excluding hydrogens is 547 g/mol. The van der Waals surface area contributed by atoms with Gasteiger partial charge in [-0.3, -0.25) is 9.69 Å². The van der Waals surface area contributed by atoms with Crippen molar-refractivity contribution in [1.29, 1.82) is 0 Å². The first-order valence-corrected chi connectivity index (χ1v) is 13.8. The van der Waals surface area contributed by atoms with Crippen LogP contribution in [0, 0.1) is 0 Å². The molecule has 0 radical (unpaired) electrons. The molecule has 0 atom stereocenters. The van der Waals surface area contributed by atoms with E-state index in [0.29, 0.717) is 27.5 Å². The van der Waals surface area contributed by atoms with E-state index in [-0.39, 0.29) is 17.4 Å². The molecule has 10 heteroatoms. The van der Waals surface area contributed by atoms with Gasteiger partial charge in [-0.15, -0.1) is 0 Å². The molecule has 1 saturated heterocycles. The number of carbonyl (C=O) groups is 1. The second-order valence-electron chi connectivity index (χ2n) is 9.67. The van der Waals surface area contributed by atoms with E-state index in [1.54, 1.807) is 30.3 Å². The first-order valence-electron chi connectivity index (χ1n) is 13.1. The Hall–Kier alpha value is -3.85. The Bertz CT molecular complexity index is 1440. The molecule has 0 bridgehead atoms. The molecular formula is C30H30Cl2N6O2. The number of piperazine rings is 1. The van der Waals surface area contributed by atoms with Crippen LogP contribution in [0.15, 0.2) is 79.0 Å². The van der Waals surface area contributed by atoms with Crippen molar-refractivity contribution in [3.63, 3.8) is 0 Å². The minimum Gasteiger partial charge on any atom is -0.438 e. The van der Waals surface area contributed by atoms with E-state index in [1.807, 2.05) is 30.3 Å². The highest BCUT2D eigenvalue weighted by Crippen LogP contribution is 2.32. The fourth-order valence-corrected chi connectivity index (χ4v) is 4.93. The lowest BCUT2D eigenvalue weighted by Gasteiger charge is -2.38. The molecule has 1 amide bonds. The number of ether oxygens (including phenoxy) is 1. The molecule has 0 aliphatic carbocycles. The SMILES string of the molecule is CC(C)N1CCN(c2ccc(Nc3ncc(C(=O)Nc4c(Cl)cccc4Cl)c(Oc4ccccc4)n3)cc2)CC1. The number of benzene rings is 3. The average Bonchev–Trinajstić information content (AvgIpc) is 2.96. The number of rotatable bonds is 8. The summed E-state index contributed by atoms with van der Waals surface area (Å²) in [6.45, 7) is 8.58. The average molecular weight is 578 g/mol. The number of nitrogens with zero attached hydrogens (tertiary/aromatic N) is 4. The first kappa shape index (κ1) is 27.7. The van der Waals surface area contributed by atoms with Crippen molar-refractivity contribution in [1.82, 2.24) is 14.9 Å². The van der Waals surface area contributed by atoms with Gasteiger partial charge in [0.15, 0.2) is 0 Å². The van der Waals surface area contributed by atoms with E-state index in [2.05, 4.69) is 56.4 Å². The Labute approximate surface area is 243 Å². The Kier molecular flexibility index (Phi) is 8.69. The summed E-state index contributed by atoms with van der Waals surface area (Å²) >= 11 is 12.5. The highest BCUT2D eigenvalue weighted by atomic mass is 35.5. The van der Waals surface area contributed by atoms with Crippen molar-refractivity contribution in [3.8, 4) is 11.6 Å². The summed E-state index contributed by atoms with van der Waals surface area (Å²) in [6.07, 6.45) is 1.41. The van der Waals surface area contributed by atoms with Gasteiger partial charge in [0.25, 0.3) is 5.91 Å². The molecule has 3 aromatic carbocycles. The smallest absolute Gasteiger partial charge is 0.262 e. The fraction of sp³-hybridized carbons (Fsp3) is 0.233. The largest absolute Gasteiger partial charge is 0.438 e. The zero-order chi connectivity index (χ0) is 28.1. The molecule has 0 spiro atoms. The zero-order valence-corrected chi connectivity index (χ0v) is 23.8. The predicted octanol–water partition coefficient (Wildman–Crippen LogP) is 7.10. The Balaban J connectivity index is 1.34. The minimum atomic E-state index is -0.505. The number of anilines is 4. The van der Waals surface area contributed by atoms with E-state index in [4.69, 9.17) is 27.9 Å². The molecule has 1 aliphatic rings. The first-order chi connectivity index (χ1) is 19.4. The molecule has 0 saturated carbocycles. The van der Waals surface area contributed by atoms with Crippen LogP contribution in [-0.4, -0.2) is 53.0 Å². The van der Waals surface area contributed by atoms with E-state index in [0.717, 1.165) is 31.9 Å². The summed E-state index contributed by atoms with van der Waals surface area (Å²) in [7, 11) is 0. The summed E-state index contributed by atoms with van der Waals surface area (Å²) in [5.74, 6) is 0.397. The van der Waals surface area contributed by atoms with Crippen molar-refractivity contribution in [2.45, 2.75) is 19.9 Å². The normalized spacial score (nSPS) is 13.8. The van der Waals surface area contributed by atoms with E-state index >= 15 is 0 Å². The van der Waals surface area contributed by atoms with E-state index in [9.17, 15) is 4.79 Å². The van der Waals surface area contributed by atoms with Crippen LogP contribution >= 0.6 is 23.2 Å². The van der Waals surface area contributed by atoms with Gasteiger partial charge in [-0.1, -0.05) is 47.5 Å². The van der Waals surface area contributed by atoms with Crippen molar-refractivity contribution in [2.75, 3.05) is 41.7 Å². The number of aromatic nitrogens is 2. The van der Waals surface area contributed by atoms with E-state index in [1.165, 1.54) is 11.9 Å². The standard InChI is InChI=1S/C30H30Cl2N6O2/c1-20(2)37-15-17-38(18-16-37)22-13-11-21(12-14-22)34-30-33-19-24(29(36-30)40-23-7-4-3-5-8-23)28(39)35-27-25(31)9-6-10-26(27)32/h3-14,19-20H,15-18H2,1-2H3,(H,35,39)(H,33,34,36). The molecule has 1 fully saturated rings. The molecule has 4 aromatic rings. The third kappa shape index (κ3) is 6.65. The zero-order valence-electron chi connectivity index (χ0n) is 22.3. The lowest BCUT2D eigenvalue weighted by molar-refractivity contribution is 0.102. The van der Waals surface area contributed by atoms with Gasteiger partial charge >= 0.3 is 0 Å². The predicted molar refractivity (Wildman–Crippen MR) is 162 cm³/mol. The second kappa shape index (κ2) is 12.6. The summed E-state index contributed by atoms with van der Waals surface area (Å²) in [5, 5.41) is 6.59. The van der Waals surface area contributed by atoms with Gasteiger partial charge in [-0.05, 0) is 62.4 Å². The minimum absolute atomic E-state index is 0.0871. The lowest BCUT2D eigenvalue weighted by Crippen LogP contribution is -2.48. The van der Waals surface area contributed by atoms with Crippen LogP contribution in [0.2, 0.25) is 10.0 Å². The van der Waals surface area contributed by atoms with Crippen molar-refractivity contribution in [2.24, 2.45) is 0 Å². The summed E-state index contributed by atoms with van der Waals surface area (Å²) in [6, 6.07) is 22.8. The molecule has 40 heavy (non-hydrogen) atoms. The number of hydrogen-bond acceptors (Lipinski definition) is 7. The third-order valence-electron chi connectivity index (χ3n) is 6.69. The maximum absolute atomic E-state index is 13.2. The topological polar surface area (TPSA) is 82.6 Å². The Morgan fingerprint density at radius 1 is 0.900 bits per heavy atom. The van der Waals surface area contributed by atoms with Crippen molar-refractivity contribution >= 4 is 52.1 Å². The highest BCUT2D eigenvalue weighted by molar-refractivity contribution is 6.40. The Morgan fingerprint density at radius 2 is 1.57 bits per heavy atom. The summed E-state index contributed by atoms with van der Waals surface area (Å²) < 4.78 is 6.00. The fourth-order valence-electron chi connectivity index (χ4n) is 4.44. The monoisotopic (exact) mass is 576 g/mol. The van der Waals surface area contributed by atoms with Crippen LogP contribution in [-0.2, 0) is 0 Å². The van der Waals surface area contributed by atoms with Crippen LogP contribution in [0.4, 0.5) is 23.0 Å². The molecule has 5 rings (SSSR count). The van der Waals surface area contributed by atoms with Crippen LogP contribution in [0.25, 0.3) is 0 Å². The van der Waals surface area contributed by atoms with Crippen LogP contribution in [0.5, 0.6) is 11.6 Å². The van der Waals surface area contributed by atoms with E-state index < -0.39 is 5.91 Å². The van der Waals surface area contributed by atoms with Gasteiger partial charge in [0.05, 0.1) is 15.7 Å². The molecule has 2 N–H and O–H groups in total. The highest BCUT2D eigenvalue weighted by Gasteiger charge is 2.21. The van der Waals surface area contributed by atoms with Gasteiger partial charge in [-0.2, -0.15) is 4.98 Å². The molecule has 1 aliphatic heterocycles. The maximum Gasteiger partial charge on any atom is 0.262 e. The number of para-hydroxylation sites is 2. The van der Waals surface area contributed by atoms with Crippen molar-refractivity contribution < 1.29 is 9.53 Å². The molecule has 8 nitrogen and oxygen atoms in total. The number of amides is 1. The lowest BCUT2D eigenvalue weighted by atomic mass is 10.2. The van der Waals surface area contributed by atoms with Gasteiger partial charge < -0.3 is 20.3 Å². The maximum atomic E-state index is 13.2. The van der Waals surface area contributed by atoms with Crippen LogP contribution < -0.4 is 20.3 Å². The Morgan fingerprint density at radius 3 is 2.23 bits per heavy atom. The van der Waals surface area contributed by atoms with Crippen LogP contribution in [0.3, 0.4) is 0 Å². The van der Waals surface area contributed by atoms with Gasteiger partial charge in [0.2, 0.25) is 11.8 Å².